The molecule has 1 aromatic rings. The van der Waals surface area contributed by atoms with Gasteiger partial charge in [0.15, 0.2) is 0 Å². The third-order valence-electron chi connectivity index (χ3n) is 7.92. The highest BCUT2D eigenvalue weighted by Gasteiger charge is 2.42. The van der Waals surface area contributed by atoms with Crippen LogP contribution >= 0.6 is 15.9 Å². The van der Waals surface area contributed by atoms with E-state index in [2.05, 4.69) is 21.2 Å². The molecule has 1 unspecified atom stereocenters. The summed E-state index contributed by atoms with van der Waals surface area (Å²) in [4.78, 5) is 30.0. The van der Waals surface area contributed by atoms with Gasteiger partial charge >= 0.3 is 0 Å². The maximum Gasteiger partial charge on any atom is 0.255 e. The Morgan fingerprint density at radius 1 is 0.812 bits per heavy atom. The van der Waals surface area contributed by atoms with Crippen molar-refractivity contribution < 1.29 is 9.59 Å². The first-order valence-corrected chi connectivity index (χ1v) is 13.8. The number of hydrogen-bond donors (Lipinski definition) is 1. The molecule has 0 aromatic heterocycles. The number of amides is 2. The molecule has 3 aliphatic carbocycles. The predicted molar refractivity (Wildman–Crippen MR) is 133 cm³/mol. The van der Waals surface area contributed by atoms with Crippen molar-refractivity contribution in [2.75, 3.05) is 0 Å². The summed E-state index contributed by atoms with van der Waals surface area (Å²) in [5.74, 6) is 0.397. The fraction of sp³-hybridized carbons (Fsp3) is 0.704. The van der Waals surface area contributed by atoms with Crippen molar-refractivity contribution in [3.8, 4) is 0 Å². The molecule has 3 aliphatic rings. The highest BCUT2D eigenvalue weighted by atomic mass is 79.9. The number of carbonyl (C=O) groups is 2. The van der Waals surface area contributed by atoms with E-state index < -0.39 is 0 Å². The molecule has 176 valence electrons. The van der Waals surface area contributed by atoms with Crippen molar-refractivity contribution in [2.24, 2.45) is 5.92 Å². The average molecular weight is 504 g/mol. The first-order valence-electron chi connectivity index (χ1n) is 13.0. The van der Waals surface area contributed by atoms with Crippen LogP contribution in [0.2, 0.25) is 0 Å². The zero-order valence-corrected chi connectivity index (χ0v) is 21.0. The Kier molecular flexibility index (Phi) is 8.68. The second kappa shape index (κ2) is 11.7. The topological polar surface area (TPSA) is 49.4 Å². The normalized spacial score (nSPS) is 22.3. The molecule has 4 nitrogen and oxygen atoms in total. The van der Waals surface area contributed by atoms with E-state index in [1.54, 1.807) is 0 Å². The summed E-state index contributed by atoms with van der Waals surface area (Å²) in [5.41, 5.74) is 0.685. The lowest BCUT2D eigenvalue weighted by Crippen LogP contribution is -2.59. The highest BCUT2D eigenvalue weighted by molar-refractivity contribution is 9.10. The minimum Gasteiger partial charge on any atom is -0.352 e. The minimum atomic E-state index is -0.347. The van der Waals surface area contributed by atoms with Gasteiger partial charge in [0.25, 0.3) is 5.91 Å². The van der Waals surface area contributed by atoms with Gasteiger partial charge in [0.05, 0.1) is 5.56 Å². The second-order valence-electron chi connectivity index (χ2n) is 10.2. The van der Waals surface area contributed by atoms with Crippen LogP contribution in [-0.4, -0.2) is 34.8 Å². The summed E-state index contributed by atoms with van der Waals surface area (Å²) >= 11 is 3.60. The molecule has 5 heteroatoms. The molecule has 3 saturated carbocycles. The summed E-state index contributed by atoms with van der Waals surface area (Å²) < 4.78 is 0.820. The molecule has 1 aromatic carbocycles. The van der Waals surface area contributed by atoms with Gasteiger partial charge in [0.1, 0.15) is 6.04 Å². The van der Waals surface area contributed by atoms with E-state index in [0.29, 0.717) is 5.56 Å². The highest BCUT2D eigenvalue weighted by Crippen LogP contribution is 2.35. The van der Waals surface area contributed by atoms with Gasteiger partial charge < -0.3 is 10.2 Å². The van der Waals surface area contributed by atoms with Gasteiger partial charge in [-0.15, -0.1) is 0 Å². The third kappa shape index (κ3) is 5.76. The summed E-state index contributed by atoms with van der Waals surface area (Å²) in [6.07, 6.45) is 17.0. The van der Waals surface area contributed by atoms with Crippen LogP contribution in [0, 0.1) is 5.92 Å². The summed E-state index contributed by atoms with van der Waals surface area (Å²) in [5, 5.41) is 3.41. The van der Waals surface area contributed by atoms with Gasteiger partial charge in [-0.1, -0.05) is 69.9 Å². The standard InChI is InChI=1S/C27H39BrN2O2/c28-24-19-11-10-18-23(24)27(32)30(22-16-8-3-9-17-22)25(20-12-4-1-5-13-20)26(31)29-21-14-6-2-7-15-21/h10-11,18-22,25H,1-9,12-17H2,(H,29,31). The first kappa shape index (κ1) is 23.8. The molecule has 1 atom stereocenters. The van der Waals surface area contributed by atoms with E-state index >= 15 is 0 Å². The number of carbonyl (C=O) groups excluding carboxylic acids is 2. The molecule has 0 radical (unpaired) electrons. The summed E-state index contributed by atoms with van der Waals surface area (Å²) in [6.45, 7) is 0. The van der Waals surface area contributed by atoms with Crippen molar-refractivity contribution >= 4 is 27.7 Å². The van der Waals surface area contributed by atoms with E-state index in [0.717, 1.165) is 55.8 Å². The van der Waals surface area contributed by atoms with Gasteiger partial charge in [0.2, 0.25) is 5.91 Å². The number of halogens is 1. The number of hydrogen-bond acceptors (Lipinski definition) is 2. The Hall–Kier alpha value is -1.36. The Labute approximate surface area is 202 Å². The monoisotopic (exact) mass is 502 g/mol. The van der Waals surface area contributed by atoms with Crippen LogP contribution < -0.4 is 5.32 Å². The Morgan fingerprint density at radius 3 is 2.00 bits per heavy atom. The fourth-order valence-electron chi connectivity index (χ4n) is 6.20. The van der Waals surface area contributed by atoms with Gasteiger partial charge in [-0.2, -0.15) is 0 Å². The second-order valence-corrected chi connectivity index (χ2v) is 11.0. The van der Waals surface area contributed by atoms with Crippen molar-refractivity contribution in [2.45, 2.75) is 114 Å². The molecule has 0 heterocycles. The van der Waals surface area contributed by atoms with Crippen molar-refractivity contribution in [3.63, 3.8) is 0 Å². The van der Waals surface area contributed by atoms with Crippen molar-refractivity contribution in [1.29, 1.82) is 0 Å². The van der Waals surface area contributed by atoms with Crippen LogP contribution in [0.25, 0.3) is 0 Å². The molecule has 4 rings (SSSR count). The lowest BCUT2D eigenvalue weighted by molar-refractivity contribution is -0.130. The maximum absolute atomic E-state index is 14.1. The predicted octanol–water partition coefficient (Wildman–Crippen LogP) is 6.62. The zero-order valence-electron chi connectivity index (χ0n) is 19.4. The van der Waals surface area contributed by atoms with Crippen LogP contribution in [-0.2, 0) is 4.79 Å². The van der Waals surface area contributed by atoms with Gasteiger partial charge in [-0.3, -0.25) is 9.59 Å². The smallest absolute Gasteiger partial charge is 0.255 e. The molecule has 0 aliphatic heterocycles. The summed E-state index contributed by atoms with van der Waals surface area (Å²) in [6, 6.07) is 7.79. The number of nitrogens with zero attached hydrogens (tertiary/aromatic N) is 1. The van der Waals surface area contributed by atoms with Crippen LogP contribution in [0.4, 0.5) is 0 Å². The molecular formula is C27H39BrN2O2. The SMILES string of the molecule is O=C(NC1CCCCC1)C(C1CCCCC1)N(C(=O)c1ccccc1Br)C1CCCCC1. The lowest BCUT2D eigenvalue weighted by Gasteiger charge is -2.44. The van der Waals surface area contributed by atoms with Gasteiger partial charge in [-0.25, -0.2) is 0 Å². The molecule has 0 spiro atoms. The van der Waals surface area contributed by atoms with Gasteiger partial charge in [0, 0.05) is 16.6 Å². The van der Waals surface area contributed by atoms with Crippen LogP contribution in [0.15, 0.2) is 28.7 Å². The number of benzene rings is 1. The van der Waals surface area contributed by atoms with E-state index in [-0.39, 0.29) is 35.9 Å². The molecular weight excluding hydrogens is 464 g/mol. The Balaban J connectivity index is 1.66. The number of nitrogens with one attached hydrogen (secondary N) is 1. The molecule has 2 amide bonds. The number of rotatable bonds is 6. The minimum absolute atomic E-state index is 0.0266. The Bertz CT molecular complexity index is 765. The zero-order chi connectivity index (χ0) is 22.3. The quantitative estimate of drug-likeness (QED) is 0.474. The fourth-order valence-corrected chi connectivity index (χ4v) is 6.66. The lowest BCUT2D eigenvalue weighted by atomic mass is 9.80. The molecule has 3 fully saturated rings. The summed E-state index contributed by atoms with van der Waals surface area (Å²) in [7, 11) is 0. The van der Waals surface area contributed by atoms with Crippen LogP contribution in [0.5, 0.6) is 0 Å². The average Bonchev–Trinajstić information content (AvgIpc) is 2.84. The van der Waals surface area contributed by atoms with Gasteiger partial charge in [-0.05, 0) is 72.5 Å². The van der Waals surface area contributed by atoms with Crippen molar-refractivity contribution in [1.82, 2.24) is 10.2 Å². The molecule has 0 bridgehead atoms. The van der Waals surface area contributed by atoms with E-state index in [9.17, 15) is 9.59 Å². The first-order chi connectivity index (χ1) is 15.6. The Morgan fingerprint density at radius 2 is 1.38 bits per heavy atom. The largest absolute Gasteiger partial charge is 0.352 e. The van der Waals surface area contributed by atoms with E-state index in [4.69, 9.17) is 0 Å². The molecule has 0 saturated heterocycles. The maximum atomic E-state index is 14.1. The van der Waals surface area contributed by atoms with E-state index in [1.165, 1.54) is 44.9 Å². The molecule has 1 N–H and O–H groups in total. The molecule has 32 heavy (non-hydrogen) atoms. The third-order valence-corrected chi connectivity index (χ3v) is 8.61. The van der Waals surface area contributed by atoms with Crippen molar-refractivity contribution in [3.05, 3.63) is 34.3 Å². The van der Waals surface area contributed by atoms with Crippen LogP contribution in [0.3, 0.4) is 0 Å². The van der Waals surface area contributed by atoms with E-state index in [1.807, 2.05) is 29.2 Å². The van der Waals surface area contributed by atoms with Crippen LogP contribution in [0.1, 0.15) is 107 Å².